The van der Waals surface area contributed by atoms with Crippen molar-refractivity contribution < 1.29 is 14.7 Å². The predicted octanol–water partition coefficient (Wildman–Crippen LogP) is 2.02. The number of carbonyl (C=O) groups is 2. The number of hydrogen-bond donors (Lipinski definition) is 3. The largest absolute Gasteiger partial charge is 0.394 e. The van der Waals surface area contributed by atoms with Gasteiger partial charge in [-0.25, -0.2) is 0 Å². The van der Waals surface area contributed by atoms with E-state index in [9.17, 15) is 9.59 Å². The molecule has 1 unspecified atom stereocenters. The van der Waals surface area contributed by atoms with Crippen LogP contribution in [-0.4, -0.2) is 29.6 Å². The monoisotopic (exact) mass is 304 g/mol. The van der Waals surface area contributed by atoms with Gasteiger partial charge in [-0.2, -0.15) is 0 Å². The summed E-state index contributed by atoms with van der Waals surface area (Å²) in [4.78, 5) is 23.6. The maximum atomic E-state index is 11.8. The van der Waals surface area contributed by atoms with E-state index in [-0.39, 0.29) is 30.9 Å². The van der Waals surface area contributed by atoms with Gasteiger partial charge in [-0.1, -0.05) is 25.1 Å². The van der Waals surface area contributed by atoms with Crippen molar-refractivity contribution in [3.05, 3.63) is 41.5 Å². The van der Waals surface area contributed by atoms with Crippen LogP contribution in [0.5, 0.6) is 0 Å². The fourth-order valence-electron chi connectivity index (χ4n) is 1.81. The Kier molecular flexibility index (Phi) is 7.32. The lowest BCUT2D eigenvalue weighted by molar-refractivity contribution is -0.121. The van der Waals surface area contributed by atoms with E-state index in [1.54, 1.807) is 37.3 Å². The molecule has 1 aromatic carbocycles. The van der Waals surface area contributed by atoms with Crippen molar-refractivity contribution in [3.8, 4) is 0 Å². The molecule has 0 saturated carbocycles. The molecule has 0 aliphatic rings. The van der Waals surface area contributed by atoms with E-state index in [0.29, 0.717) is 17.7 Å². The van der Waals surface area contributed by atoms with Crippen molar-refractivity contribution in [2.24, 2.45) is 0 Å². The van der Waals surface area contributed by atoms with Crippen LogP contribution in [0.15, 0.2) is 35.9 Å². The molecule has 0 radical (unpaired) electrons. The van der Waals surface area contributed by atoms with Gasteiger partial charge in [0.25, 0.3) is 5.91 Å². The summed E-state index contributed by atoms with van der Waals surface area (Å²) in [5.41, 5.74) is 2.20. The minimum absolute atomic E-state index is 0.0580. The van der Waals surface area contributed by atoms with E-state index in [4.69, 9.17) is 5.11 Å². The van der Waals surface area contributed by atoms with E-state index in [0.717, 1.165) is 5.56 Å². The number of benzene rings is 1. The van der Waals surface area contributed by atoms with Crippen molar-refractivity contribution in [3.63, 3.8) is 0 Å². The first-order valence-corrected chi connectivity index (χ1v) is 7.43. The maximum Gasteiger partial charge on any atom is 0.250 e. The average molecular weight is 304 g/mol. The number of amides is 2. The predicted molar refractivity (Wildman–Crippen MR) is 87.5 cm³/mol. The molecule has 0 saturated heterocycles. The fourth-order valence-corrected chi connectivity index (χ4v) is 1.81. The lowest BCUT2D eigenvalue weighted by atomic mass is 10.1. The van der Waals surface area contributed by atoms with Crippen LogP contribution >= 0.6 is 0 Å². The molecular weight excluding hydrogens is 280 g/mol. The molecule has 1 atom stereocenters. The Labute approximate surface area is 131 Å². The van der Waals surface area contributed by atoms with Crippen molar-refractivity contribution in [1.29, 1.82) is 0 Å². The zero-order chi connectivity index (χ0) is 16.5. The zero-order valence-corrected chi connectivity index (χ0v) is 13.3. The van der Waals surface area contributed by atoms with Gasteiger partial charge in [0.05, 0.1) is 19.1 Å². The summed E-state index contributed by atoms with van der Waals surface area (Å²) in [5.74, 6) is -0.260. The molecule has 1 aromatic rings. The van der Waals surface area contributed by atoms with Crippen LogP contribution in [0.3, 0.4) is 0 Å². The van der Waals surface area contributed by atoms with Crippen molar-refractivity contribution in [2.45, 2.75) is 39.7 Å². The summed E-state index contributed by atoms with van der Waals surface area (Å²) in [6, 6.07) is 6.95. The highest BCUT2D eigenvalue weighted by Gasteiger charge is 2.10. The summed E-state index contributed by atoms with van der Waals surface area (Å²) < 4.78 is 0. The number of anilines is 1. The van der Waals surface area contributed by atoms with E-state index in [1.807, 2.05) is 13.8 Å². The molecule has 0 aromatic heterocycles. The second kappa shape index (κ2) is 9.00. The van der Waals surface area contributed by atoms with Crippen LogP contribution in [-0.2, 0) is 16.0 Å². The lowest BCUT2D eigenvalue weighted by Gasteiger charge is -2.14. The second-order valence-corrected chi connectivity index (χ2v) is 5.15. The van der Waals surface area contributed by atoms with E-state index >= 15 is 0 Å². The van der Waals surface area contributed by atoms with E-state index in [2.05, 4.69) is 10.6 Å². The Morgan fingerprint density at radius 3 is 2.41 bits per heavy atom. The summed E-state index contributed by atoms with van der Waals surface area (Å²) in [6.07, 6.45) is 2.69. The first kappa shape index (κ1) is 17.9. The Hall–Kier alpha value is -2.14. The number of rotatable bonds is 7. The van der Waals surface area contributed by atoms with Gasteiger partial charge in [0.15, 0.2) is 0 Å². The summed E-state index contributed by atoms with van der Waals surface area (Å²) in [7, 11) is 0. The van der Waals surface area contributed by atoms with E-state index < -0.39 is 0 Å². The average Bonchev–Trinajstić information content (AvgIpc) is 2.53. The van der Waals surface area contributed by atoms with Gasteiger partial charge < -0.3 is 15.7 Å². The van der Waals surface area contributed by atoms with Gasteiger partial charge >= 0.3 is 0 Å². The first-order valence-electron chi connectivity index (χ1n) is 7.43. The lowest BCUT2D eigenvalue weighted by Crippen LogP contribution is -2.37. The Morgan fingerprint density at radius 1 is 1.27 bits per heavy atom. The molecule has 22 heavy (non-hydrogen) atoms. The summed E-state index contributed by atoms with van der Waals surface area (Å²) in [5, 5.41) is 14.6. The molecule has 0 aliphatic carbocycles. The highest BCUT2D eigenvalue weighted by Crippen LogP contribution is 2.11. The topological polar surface area (TPSA) is 78.4 Å². The molecule has 0 fully saturated rings. The van der Waals surface area contributed by atoms with Gasteiger partial charge in [0.1, 0.15) is 0 Å². The van der Waals surface area contributed by atoms with Gasteiger partial charge in [0, 0.05) is 11.3 Å². The number of allylic oxidation sites excluding steroid dienone is 1. The molecule has 3 N–H and O–H groups in total. The zero-order valence-electron chi connectivity index (χ0n) is 13.3. The van der Waals surface area contributed by atoms with Gasteiger partial charge in [-0.05, 0) is 38.0 Å². The van der Waals surface area contributed by atoms with Gasteiger partial charge in [0.2, 0.25) is 5.91 Å². The number of carbonyl (C=O) groups excluding carboxylic acids is 2. The van der Waals surface area contributed by atoms with Crippen LogP contribution in [0, 0.1) is 0 Å². The highest BCUT2D eigenvalue weighted by molar-refractivity contribution is 6.03. The summed E-state index contributed by atoms with van der Waals surface area (Å²) >= 11 is 0. The third-order valence-corrected chi connectivity index (χ3v) is 3.45. The SMILES string of the molecule is C/C=C(\C)C(=O)Nc1ccc(CC(=O)NC(CC)CO)cc1. The van der Waals surface area contributed by atoms with Gasteiger partial charge in [-0.3, -0.25) is 9.59 Å². The van der Waals surface area contributed by atoms with Crippen LogP contribution in [0.2, 0.25) is 0 Å². The van der Waals surface area contributed by atoms with E-state index in [1.165, 1.54) is 0 Å². The third kappa shape index (κ3) is 5.69. The standard InChI is InChI=1S/C17H24N2O3/c1-4-12(3)17(22)19-15-8-6-13(7-9-15)10-16(21)18-14(5-2)11-20/h4,6-9,14,20H,5,10-11H2,1-3H3,(H,18,21)(H,19,22)/b12-4+. The molecule has 0 bridgehead atoms. The Bertz CT molecular complexity index is 531. The third-order valence-electron chi connectivity index (χ3n) is 3.45. The maximum absolute atomic E-state index is 11.8. The Balaban J connectivity index is 2.58. The first-order chi connectivity index (χ1) is 10.5. The van der Waals surface area contributed by atoms with Crippen molar-refractivity contribution in [2.75, 3.05) is 11.9 Å². The van der Waals surface area contributed by atoms with Crippen LogP contribution < -0.4 is 10.6 Å². The number of aliphatic hydroxyl groups excluding tert-OH is 1. The Morgan fingerprint density at radius 2 is 1.91 bits per heavy atom. The van der Waals surface area contributed by atoms with Gasteiger partial charge in [-0.15, -0.1) is 0 Å². The molecule has 1 rings (SSSR count). The normalized spacial score (nSPS) is 12.6. The number of hydrogen-bond acceptors (Lipinski definition) is 3. The van der Waals surface area contributed by atoms with Crippen LogP contribution in [0.25, 0.3) is 0 Å². The van der Waals surface area contributed by atoms with Crippen molar-refractivity contribution >= 4 is 17.5 Å². The number of aliphatic hydroxyl groups is 1. The highest BCUT2D eigenvalue weighted by atomic mass is 16.3. The minimum atomic E-state index is -0.199. The molecule has 2 amide bonds. The molecule has 0 heterocycles. The smallest absolute Gasteiger partial charge is 0.250 e. The second-order valence-electron chi connectivity index (χ2n) is 5.15. The molecular formula is C17H24N2O3. The van der Waals surface area contributed by atoms with Crippen molar-refractivity contribution in [1.82, 2.24) is 5.32 Å². The van der Waals surface area contributed by atoms with Crippen LogP contribution in [0.1, 0.15) is 32.8 Å². The molecule has 120 valence electrons. The number of nitrogens with one attached hydrogen (secondary N) is 2. The quantitative estimate of drug-likeness (QED) is 0.674. The fraction of sp³-hybridized carbons (Fsp3) is 0.412. The minimum Gasteiger partial charge on any atom is -0.394 e. The molecule has 0 spiro atoms. The molecule has 5 heteroatoms. The summed E-state index contributed by atoms with van der Waals surface area (Å²) in [6.45, 7) is 5.41. The molecule has 0 aliphatic heterocycles. The molecule has 5 nitrogen and oxygen atoms in total. The van der Waals surface area contributed by atoms with Crippen LogP contribution in [0.4, 0.5) is 5.69 Å².